The first kappa shape index (κ1) is 5.10. The molecule has 0 aliphatic heterocycles. The van der Waals surface area contributed by atoms with Crippen molar-refractivity contribution in [1.82, 2.24) is 5.32 Å². The summed E-state index contributed by atoms with van der Waals surface area (Å²) in [6.45, 7) is 4.57. The van der Waals surface area contributed by atoms with Gasteiger partial charge >= 0.3 is 0 Å². The van der Waals surface area contributed by atoms with E-state index < -0.39 is 0 Å². The van der Waals surface area contributed by atoms with Gasteiger partial charge in [-0.2, -0.15) is 0 Å². The van der Waals surface area contributed by atoms with Gasteiger partial charge in [0.1, 0.15) is 0 Å². The number of hydrogen-bond donors (Lipinski definition) is 1. The molecule has 1 atom stereocenters. The van der Waals surface area contributed by atoms with E-state index in [2.05, 4.69) is 19.2 Å². The molecule has 42 valence electrons. The zero-order valence-electron chi connectivity index (χ0n) is 5.28. The molecule has 1 heteroatoms. The molecule has 0 aromatic carbocycles. The Bertz CT molecular complexity index is 76.2. The van der Waals surface area contributed by atoms with Crippen molar-refractivity contribution in [2.75, 3.05) is 7.05 Å². The Morgan fingerprint density at radius 3 is 2.00 bits per heavy atom. The van der Waals surface area contributed by atoms with Gasteiger partial charge in [-0.15, -0.1) is 0 Å². The Kier molecular flexibility index (Phi) is 0.890. The van der Waals surface area contributed by atoms with E-state index in [4.69, 9.17) is 0 Å². The lowest BCUT2D eigenvalue weighted by Gasteiger charge is -1.97. The summed E-state index contributed by atoms with van der Waals surface area (Å²) in [6.07, 6.45) is 1.35. The SMILES string of the molecule is CN[C@H]1CC1(C)C. The van der Waals surface area contributed by atoms with Gasteiger partial charge in [0, 0.05) is 6.04 Å². The van der Waals surface area contributed by atoms with E-state index in [0.717, 1.165) is 6.04 Å². The minimum atomic E-state index is 0.606. The van der Waals surface area contributed by atoms with Crippen molar-refractivity contribution in [2.45, 2.75) is 26.3 Å². The Morgan fingerprint density at radius 2 is 2.00 bits per heavy atom. The minimum Gasteiger partial charge on any atom is -0.316 e. The molecule has 1 aliphatic rings. The van der Waals surface area contributed by atoms with Crippen molar-refractivity contribution in [1.29, 1.82) is 0 Å². The van der Waals surface area contributed by atoms with Gasteiger partial charge in [0.25, 0.3) is 0 Å². The van der Waals surface area contributed by atoms with E-state index in [1.165, 1.54) is 6.42 Å². The first-order valence-electron chi connectivity index (χ1n) is 2.84. The van der Waals surface area contributed by atoms with Gasteiger partial charge in [-0.3, -0.25) is 0 Å². The number of hydrogen-bond acceptors (Lipinski definition) is 1. The van der Waals surface area contributed by atoms with Crippen molar-refractivity contribution < 1.29 is 0 Å². The van der Waals surface area contributed by atoms with Gasteiger partial charge in [-0.05, 0) is 18.9 Å². The van der Waals surface area contributed by atoms with Crippen LogP contribution in [0.15, 0.2) is 0 Å². The Hall–Kier alpha value is -0.0400. The van der Waals surface area contributed by atoms with Gasteiger partial charge < -0.3 is 5.32 Å². The van der Waals surface area contributed by atoms with E-state index in [9.17, 15) is 0 Å². The summed E-state index contributed by atoms with van der Waals surface area (Å²) in [5.41, 5.74) is 0.606. The highest BCUT2D eigenvalue weighted by molar-refractivity contribution is 5.00. The molecule has 1 aliphatic carbocycles. The minimum absolute atomic E-state index is 0.606. The van der Waals surface area contributed by atoms with Crippen LogP contribution in [0.5, 0.6) is 0 Å². The van der Waals surface area contributed by atoms with Crippen LogP contribution in [-0.2, 0) is 0 Å². The maximum absolute atomic E-state index is 3.23. The third kappa shape index (κ3) is 0.778. The lowest BCUT2D eigenvalue weighted by atomic mass is 10.2. The molecule has 0 radical (unpaired) electrons. The van der Waals surface area contributed by atoms with Gasteiger partial charge in [-0.25, -0.2) is 0 Å². The zero-order valence-corrected chi connectivity index (χ0v) is 5.28. The Balaban J connectivity index is 2.30. The van der Waals surface area contributed by atoms with Crippen LogP contribution in [-0.4, -0.2) is 13.1 Å². The quantitative estimate of drug-likeness (QED) is 0.517. The van der Waals surface area contributed by atoms with Crippen molar-refractivity contribution >= 4 is 0 Å². The van der Waals surface area contributed by atoms with Crippen LogP contribution < -0.4 is 5.32 Å². The highest BCUT2D eigenvalue weighted by Gasteiger charge is 2.44. The fourth-order valence-corrected chi connectivity index (χ4v) is 0.960. The molecule has 0 aromatic rings. The molecule has 0 spiro atoms. The summed E-state index contributed by atoms with van der Waals surface area (Å²) in [5.74, 6) is 0. The zero-order chi connectivity index (χ0) is 5.49. The highest BCUT2D eigenvalue weighted by Crippen LogP contribution is 2.44. The molecular formula is C6H13N. The first-order chi connectivity index (χ1) is 3.17. The molecule has 1 nitrogen and oxygen atoms in total. The average molecular weight is 99.2 g/mol. The molecule has 0 unspecified atom stereocenters. The van der Waals surface area contributed by atoms with E-state index >= 15 is 0 Å². The van der Waals surface area contributed by atoms with E-state index in [1.807, 2.05) is 7.05 Å². The van der Waals surface area contributed by atoms with Crippen LogP contribution in [0.4, 0.5) is 0 Å². The number of rotatable bonds is 1. The normalized spacial score (nSPS) is 35.6. The Morgan fingerprint density at radius 1 is 1.57 bits per heavy atom. The fraction of sp³-hybridized carbons (Fsp3) is 1.00. The number of nitrogens with one attached hydrogen (secondary N) is 1. The maximum Gasteiger partial charge on any atom is 0.0121 e. The van der Waals surface area contributed by atoms with Crippen LogP contribution in [0.25, 0.3) is 0 Å². The van der Waals surface area contributed by atoms with Crippen LogP contribution in [0.1, 0.15) is 20.3 Å². The molecule has 0 saturated heterocycles. The van der Waals surface area contributed by atoms with Crippen LogP contribution in [0.3, 0.4) is 0 Å². The third-order valence-corrected chi connectivity index (χ3v) is 1.86. The molecule has 0 bridgehead atoms. The molecular weight excluding hydrogens is 86.1 g/mol. The predicted octanol–water partition coefficient (Wildman–Crippen LogP) is 1.00. The third-order valence-electron chi connectivity index (χ3n) is 1.86. The van der Waals surface area contributed by atoms with Crippen LogP contribution in [0, 0.1) is 5.41 Å². The average Bonchev–Trinajstić information content (AvgIpc) is 2.13. The van der Waals surface area contributed by atoms with Gasteiger partial charge in [0.05, 0.1) is 0 Å². The summed E-state index contributed by atoms with van der Waals surface area (Å²) in [6, 6.07) is 0.799. The van der Waals surface area contributed by atoms with E-state index in [-0.39, 0.29) is 0 Å². The van der Waals surface area contributed by atoms with Crippen LogP contribution >= 0.6 is 0 Å². The van der Waals surface area contributed by atoms with Crippen molar-refractivity contribution in [3.05, 3.63) is 0 Å². The van der Waals surface area contributed by atoms with Crippen molar-refractivity contribution in [3.63, 3.8) is 0 Å². The summed E-state index contributed by atoms with van der Waals surface area (Å²) in [5, 5.41) is 3.23. The lowest BCUT2D eigenvalue weighted by molar-refractivity contribution is 0.575. The molecule has 1 rings (SSSR count). The molecule has 1 saturated carbocycles. The molecule has 0 aromatic heterocycles. The maximum atomic E-state index is 3.23. The smallest absolute Gasteiger partial charge is 0.0121 e. The Labute approximate surface area is 45.1 Å². The molecule has 0 amide bonds. The second-order valence-corrected chi connectivity index (χ2v) is 3.03. The molecule has 7 heavy (non-hydrogen) atoms. The fourth-order valence-electron chi connectivity index (χ4n) is 0.960. The predicted molar refractivity (Wildman–Crippen MR) is 31.2 cm³/mol. The van der Waals surface area contributed by atoms with Gasteiger partial charge in [-0.1, -0.05) is 13.8 Å². The summed E-state index contributed by atoms with van der Waals surface area (Å²) in [4.78, 5) is 0. The van der Waals surface area contributed by atoms with Crippen molar-refractivity contribution in [3.8, 4) is 0 Å². The largest absolute Gasteiger partial charge is 0.316 e. The van der Waals surface area contributed by atoms with E-state index in [1.54, 1.807) is 0 Å². The summed E-state index contributed by atoms with van der Waals surface area (Å²) < 4.78 is 0. The van der Waals surface area contributed by atoms with E-state index in [0.29, 0.717) is 5.41 Å². The standard InChI is InChI=1S/C6H13N/c1-6(2)4-5(6)7-3/h5,7H,4H2,1-3H3/t5-/m0/s1. The second-order valence-electron chi connectivity index (χ2n) is 3.03. The van der Waals surface area contributed by atoms with Crippen molar-refractivity contribution in [2.24, 2.45) is 5.41 Å². The van der Waals surface area contributed by atoms with Gasteiger partial charge in [0.2, 0.25) is 0 Å². The summed E-state index contributed by atoms with van der Waals surface area (Å²) >= 11 is 0. The monoisotopic (exact) mass is 99.1 g/mol. The second kappa shape index (κ2) is 1.22. The first-order valence-corrected chi connectivity index (χ1v) is 2.84. The van der Waals surface area contributed by atoms with Crippen LogP contribution in [0.2, 0.25) is 0 Å². The molecule has 1 N–H and O–H groups in total. The molecule has 1 fully saturated rings. The van der Waals surface area contributed by atoms with Gasteiger partial charge in [0.15, 0.2) is 0 Å². The highest BCUT2D eigenvalue weighted by atomic mass is 15.0. The lowest BCUT2D eigenvalue weighted by Crippen LogP contribution is -2.13. The summed E-state index contributed by atoms with van der Waals surface area (Å²) in [7, 11) is 2.03. The molecule has 0 heterocycles. The topological polar surface area (TPSA) is 12.0 Å².